The molecule has 0 saturated heterocycles. The summed E-state index contributed by atoms with van der Waals surface area (Å²) in [4.78, 5) is 34.7. The third-order valence-corrected chi connectivity index (χ3v) is 30.9. The van der Waals surface area contributed by atoms with Gasteiger partial charge in [0.05, 0.1) is 45.9 Å². The number of hydrogen-bond donors (Lipinski definition) is 6. The van der Waals surface area contributed by atoms with Gasteiger partial charge in [-0.2, -0.15) is 0 Å². The van der Waals surface area contributed by atoms with Gasteiger partial charge in [0.25, 0.3) is 5.91 Å². The molecule has 0 heterocycles. The van der Waals surface area contributed by atoms with E-state index in [0.717, 1.165) is 141 Å². The number of carbonyl (C=O) groups is 3. The van der Waals surface area contributed by atoms with Crippen molar-refractivity contribution in [3.8, 4) is 0 Å². The number of unbranched alkanes of at least 4 members (excludes halogenated alkanes) is 4. The Bertz CT molecular complexity index is 2940. The van der Waals surface area contributed by atoms with Crippen LogP contribution in [0.25, 0.3) is 0 Å². The minimum atomic E-state index is -3.62. The van der Waals surface area contributed by atoms with Crippen molar-refractivity contribution < 1.29 is 70.0 Å². The molecule has 21 nitrogen and oxygen atoms in total. The zero-order valence-corrected chi connectivity index (χ0v) is 57.9. The first-order valence-corrected chi connectivity index (χ1v) is 41.0. The Balaban J connectivity index is 0.000000275. The van der Waals surface area contributed by atoms with Crippen LogP contribution in [0.5, 0.6) is 0 Å². The fraction of sp³-hybridized carbons (Fsp3) is 0.817. The third-order valence-electron chi connectivity index (χ3n) is 19.4. The highest BCUT2D eigenvalue weighted by Gasteiger charge is 2.62. The van der Waals surface area contributed by atoms with E-state index in [1.807, 2.05) is 40.7 Å². The molecule has 0 bridgehead atoms. The minimum Gasteiger partial charge on any atom is -0.481 e. The molecule has 0 radical (unpaired) electrons. The summed E-state index contributed by atoms with van der Waals surface area (Å²) in [6.45, 7) is 24.2. The second-order valence-corrected chi connectivity index (χ2v) is 39.3. The van der Waals surface area contributed by atoms with Crippen molar-refractivity contribution in [1.29, 1.82) is 0 Å². The van der Waals surface area contributed by atoms with Crippen molar-refractivity contribution >= 4 is 77.6 Å². The predicted molar refractivity (Wildman–Crippen MR) is 346 cm³/mol. The number of carboxylic acid groups (broad SMARTS) is 1. The maximum absolute atomic E-state index is 12.4. The second kappa shape index (κ2) is 30.6. The van der Waals surface area contributed by atoms with Gasteiger partial charge >= 0.3 is 5.97 Å². The number of sulfonamides is 4. The molecule has 6 atom stereocenters. The lowest BCUT2D eigenvalue weighted by atomic mass is 10.1. The molecule has 2 amide bonds. The van der Waals surface area contributed by atoms with Gasteiger partial charge in [0, 0.05) is 12.5 Å². The maximum Gasteiger partial charge on any atom is 0.309 e. The van der Waals surface area contributed by atoms with E-state index >= 15 is 0 Å². The van der Waals surface area contributed by atoms with E-state index < -0.39 is 96.8 Å². The zero-order chi connectivity index (χ0) is 66.6. The van der Waals surface area contributed by atoms with Crippen LogP contribution < -0.4 is 25.5 Å². The summed E-state index contributed by atoms with van der Waals surface area (Å²) in [6, 6.07) is 0. The molecular weight excluding hydrogens is 1240 g/mol. The topological polar surface area (TPSA) is 378 Å². The molecule has 0 aromatic heterocycles. The number of nitrogens with one attached hydrogen (secondary N) is 2. The van der Waals surface area contributed by atoms with Gasteiger partial charge in [-0.15, -0.1) is 26.3 Å². The van der Waals surface area contributed by atoms with Gasteiger partial charge in [0.1, 0.15) is 9.84 Å². The molecular formula is C60H107N5O16S6. The lowest BCUT2D eigenvalue weighted by Crippen LogP contribution is -2.50. The van der Waals surface area contributed by atoms with Crippen LogP contribution in [0.2, 0.25) is 0 Å². The summed E-state index contributed by atoms with van der Waals surface area (Å²) in [6.07, 6.45) is 33.5. The Hall–Kier alpha value is -3.05. The fourth-order valence-corrected chi connectivity index (χ4v) is 18.7. The van der Waals surface area contributed by atoms with Crippen molar-refractivity contribution in [1.82, 2.24) is 9.44 Å². The quantitative estimate of drug-likeness (QED) is 0.0290. The van der Waals surface area contributed by atoms with Gasteiger partial charge in [-0.05, 0) is 198 Å². The van der Waals surface area contributed by atoms with Crippen LogP contribution in [0.1, 0.15) is 227 Å². The van der Waals surface area contributed by atoms with Crippen LogP contribution in [0.4, 0.5) is 0 Å². The standard InChI is InChI=1S/C15H25NO3S.C14H24N2O3S.C9H16O2S.C8H15NO2S.C7H12O2.C4H8O2S.C3H7NO2S/c1-4-6-7-8-15(9-10-15)20(18,19)16-13(17)14(3)11-12(14)5-2;1-3-5-6-7-13(8-9-13)20(18,19)16-12(17)14(15)10-11(14)4-2;1-3-4-5-6-9(7-8-9)12(2,10)11;1-2-3-4-5-8(6-7-8)12(9,10)11;1-3-5-4-7(5,2)6(8)9;1-7(5,6)4-2-3-4;4-7(5,6)3-1-2-3/h4,12H,1,5-11H2,2-3H3,(H,16,17);3,11H,1,4-10,15H2,2H3,(H,16,17);3H,1,4-8H2,2H3;2H,1,3-7H2,(H2,9,10,11);5H,3-4H2,1-2H3,(H,8,9);4H,2-3H2,1H3;3H,1-2H2,(H2,4,5,6)/t12-,14+;11-,14-;;;5-,7+;;/m11..1../s1. The van der Waals surface area contributed by atoms with Gasteiger partial charge in [0.2, 0.25) is 46.0 Å². The molecule has 504 valence electrons. The van der Waals surface area contributed by atoms with Gasteiger partial charge in [0.15, 0.2) is 9.84 Å². The molecule has 0 unspecified atom stereocenters. The first kappa shape index (κ1) is 78.2. The smallest absolute Gasteiger partial charge is 0.309 e. The van der Waals surface area contributed by atoms with Crippen molar-refractivity contribution in [2.75, 3.05) is 12.5 Å². The van der Waals surface area contributed by atoms with E-state index in [4.69, 9.17) is 21.1 Å². The lowest BCUT2D eigenvalue weighted by Gasteiger charge is -2.19. The molecule has 0 aromatic carbocycles. The molecule has 9 fully saturated rings. The molecule has 9 saturated carbocycles. The average Bonchev–Trinajstić information content (AvgIpc) is 1.67. The minimum absolute atomic E-state index is 0.0208. The Labute approximate surface area is 523 Å². The van der Waals surface area contributed by atoms with Crippen molar-refractivity contribution in [3.63, 3.8) is 0 Å². The first-order valence-electron chi connectivity index (χ1n) is 31.0. The third kappa shape index (κ3) is 22.4. The van der Waals surface area contributed by atoms with E-state index in [2.05, 4.69) is 35.8 Å². The van der Waals surface area contributed by atoms with E-state index in [9.17, 15) is 64.9 Å². The molecule has 9 rings (SSSR count). The lowest BCUT2D eigenvalue weighted by molar-refractivity contribution is -0.143. The van der Waals surface area contributed by atoms with Gasteiger partial charge in [-0.1, -0.05) is 71.3 Å². The van der Waals surface area contributed by atoms with Crippen LogP contribution in [0, 0.1) is 28.6 Å². The van der Waals surface area contributed by atoms with E-state index in [-0.39, 0.29) is 32.5 Å². The van der Waals surface area contributed by atoms with Crippen LogP contribution >= 0.6 is 0 Å². The van der Waals surface area contributed by atoms with Crippen molar-refractivity contribution in [2.45, 2.75) is 262 Å². The largest absolute Gasteiger partial charge is 0.481 e. The van der Waals surface area contributed by atoms with Crippen molar-refractivity contribution in [3.05, 3.63) is 50.6 Å². The Morgan fingerprint density at radius 1 is 0.494 bits per heavy atom. The summed E-state index contributed by atoms with van der Waals surface area (Å²) in [5.41, 5.74) is 4.13. The number of carboxylic acids is 1. The Morgan fingerprint density at radius 3 is 1.02 bits per heavy atom. The van der Waals surface area contributed by atoms with E-state index in [1.165, 1.54) is 12.5 Å². The number of hydrogen-bond acceptors (Lipinski definition) is 16. The maximum atomic E-state index is 12.4. The summed E-state index contributed by atoms with van der Waals surface area (Å²) < 4.78 is 138. The summed E-state index contributed by atoms with van der Waals surface area (Å²) in [7, 11) is -19.0. The molecule has 9 N–H and O–H groups in total. The van der Waals surface area contributed by atoms with E-state index in [0.29, 0.717) is 63.2 Å². The number of aliphatic carboxylic acids is 1. The van der Waals surface area contributed by atoms with Gasteiger partial charge in [-0.25, -0.2) is 60.8 Å². The molecule has 0 aliphatic heterocycles. The second-order valence-electron chi connectivity index (χ2n) is 26.6. The molecule has 87 heavy (non-hydrogen) atoms. The number of allylic oxidation sites excluding steroid dienone is 4. The van der Waals surface area contributed by atoms with Crippen LogP contribution in [0.15, 0.2) is 50.6 Å². The fourth-order valence-electron chi connectivity index (χ4n) is 11.0. The van der Waals surface area contributed by atoms with Gasteiger partial charge < -0.3 is 10.8 Å². The normalized spacial score (nSPS) is 27.5. The van der Waals surface area contributed by atoms with Crippen LogP contribution in [-0.2, 0) is 74.2 Å². The number of carbonyl (C=O) groups excluding carboxylic acids is 2. The molecule has 9 aliphatic carbocycles. The van der Waals surface area contributed by atoms with Crippen molar-refractivity contribution in [2.24, 2.45) is 44.6 Å². The highest BCUT2D eigenvalue weighted by molar-refractivity contribution is 7.93. The number of nitrogens with two attached hydrogens (primary N) is 3. The highest BCUT2D eigenvalue weighted by Crippen LogP contribution is 2.56. The van der Waals surface area contributed by atoms with E-state index in [1.54, 1.807) is 18.2 Å². The molecule has 0 aromatic rings. The monoisotopic (exact) mass is 1350 g/mol. The number of amides is 2. The number of sulfone groups is 2. The molecule has 9 aliphatic rings. The molecule has 27 heteroatoms. The summed E-state index contributed by atoms with van der Waals surface area (Å²) in [5, 5.41) is 18.3. The molecule has 0 spiro atoms. The first-order chi connectivity index (χ1) is 40.0. The van der Waals surface area contributed by atoms with Gasteiger partial charge in [-0.3, -0.25) is 23.8 Å². The number of rotatable bonds is 30. The summed E-state index contributed by atoms with van der Waals surface area (Å²) >= 11 is 0. The number of primary sulfonamides is 2. The predicted octanol–water partition coefficient (Wildman–Crippen LogP) is 8.43. The highest BCUT2D eigenvalue weighted by atomic mass is 32.2. The SMILES string of the molecule is C=CCCCC1(S(=O)(=O)NC(=O)[C@@]2(C)C[C@H]2CC)CC1.C=CCCCC1(S(=O)(=O)NC(=O)[C@@]2(N)C[C@H]2CC)CC1.C=CCCCC1(S(C)(=O)=O)CC1.C=CCCCC1(S(N)(=O)=O)CC1.CC[C@@H]1C[C@]1(C)C(=O)O.CS(=O)(=O)C1CC1.NS(=O)(=O)C1CC1. The zero-order valence-electron chi connectivity index (χ0n) is 53.0. The Kier molecular flexibility index (Phi) is 27.5. The van der Waals surface area contributed by atoms with Crippen LogP contribution in [0.3, 0.4) is 0 Å². The Morgan fingerprint density at radius 2 is 0.816 bits per heavy atom. The van der Waals surface area contributed by atoms with Crippen LogP contribution in [-0.4, -0.2) is 121 Å². The summed E-state index contributed by atoms with van der Waals surface area (Å²) in [5.74, 6) is -0.592. The average molecular weight is 1350 g/mol.